The van der Waals surface area contributed by atoms with Crippen LogP contribution in [0.3, 0.4) is 0 Å². The third-order valence-corrected chi connectivity index (χ3v) is 3.74. The largest absolute Gasteiger partial charge is 0.462 e. The summed E-state index contributed by atoms with van der Waals surface area (Å²) in [5, 5.41) is 3.13. The summed E-state index contributed by atoms with van der Waals surface area (Å²) >= 11 is 1.35. The second kappa shape index (κ2) is 7.98. The highest BCUT2D eigenvalue weighted by Crippen LogP contribution is 2.29. The third kappa shape index (κ3) is 4.29. The fourth-order valence-corrected chi connectivity index (χ4v) is 2.52. The molecule has 0 radical (unpaired) electrons. The minimum Gasteiger partial charge on any atom is -0.462 e. The molecule has 0 saturated heterocycles. The molecule has 1 rings (SSSR count). The first kappa shape index (κ1) is 16.6. The molecule has 7 heteroatoms. The minimum atomic E-state index is -0.776. The fraction of sp³-hybridized carbons (Fsp3) is 0.538. The van der Waals surface area contributed by atoms with Crippen LogP contribution in [0, 0.1) is 0 Å². The Morgan fingerprint density at radius 1 is 1.45 bits per heavy atom. The molecule has 0 spiro atoms. The van der Waals surface area contributed by atoms with Gasteiger partial charge in [0.05, 0.1) is 18.8 Å². The van der Waals surface area contributed by atoms with Gasteiger partial charge < -0.3 is 20.5 Å². The first-order chi connectivity index (χ1) is 9.53. The summed E-state index contributed by atoms with van der Waals surface area (Å²) in [6, 6.07) is 0.961. The van der Waals surface area contributed by atoms with Gasteiger partial charge in [0.25, 0.3) is 0 Å². The van der Waals surface area contributed by atoms with E-state index in [0.29, 0.717) is 10.6 Å². The van der Waals surface area contributed by atoms with E-state index >= 15 is 0 Å². The molecule has 3 N–H and O–H groups in total. The number of nitrogens with one attached hydrogen (secondary N) is 1. The van der Waals surface area contributed by atoms with E-state index in [1.807, 2.05) is 6.92 Å². The number of carbonyl (C=O) groups is 2. The predicted octanol–water partition coefficient (Wildman–Crippen LogP) is 1.40. The van der Waals surface area contributed by atoms with Crippen LogP contribution in [0.25, 0.3) is 0 Å². The Morgan fingerprint density at radius 2 is 2.15 bits per heavy atom. The van der Waals surface area contributed by atoms with Crippen molar-refractivity contribution in [1.82, 2.24) is 0 Å². The maximum absolute atomic E-state index is 11.9. The molecule has 1 amide bonds. The van der Waals surface area contributed by atoms with Crippen molar-refractivity contribution in [2.75, 3.05) is 25.6 Å². The van der Waals surface area contributed by atoms with Crippen molar-refractivity contribution in [3.63, 3.8) is 0 Å². The number of hydrogen-bond donors (Lipinski definition) is 2. The second-order valence-electron chi connectivity index (χ2n) is 4.08. The van der Waals surface area contributed by atoms with E-state index in [1.165, 1.54) is 18.4 Å². The topological polar surface area (TPSA) is 90.7 Å². The molecule has 0 aliphatic rings. The Balaban J connectivity index is 2.90. The quantitative estimate of drug-likeness (QED) is 0.743. The zero-order chi connectivity index (χ0) is 15.1. The zero-order valence-electron chi connectivity index (χ0n) is 11.9. The monoisotopic (exact) mass is 300 g/mol. The van der Waals surface area contributed by atoms with Gasteiger partial charge in [-0.2, -0.15) is 0 Å². The summed E-state index contributed by atoms with van der Waals surface area (Å²) in [7, 11) is 1.47. The number of hydrogen-bond acceptors (Lipinski definition) is 6. The number of thiophene rings is 1. The van der Waals surface area contributed by atoms with Crippen LogP contribution in [0.1, 0.15) is 29.1 Å². The average molecular weight is 300 g/mol. The highest BCUT2D eigenvalue weighted by atomic mass is 32.1. The molecule has 0 fully saturated rings. The third-order valence-electron chi connectivity index (χ3n) is 2.55. The van der Waals surface area contributed by atoms with Crippen molar-refractivity contribution < 1.29 is 19.1 Å². The molecule has 1 aromatic heterocycles. The van der Waals surface area contributed by atoms with Gasteiger partial charge in [-0.25, -0.2) is 4.79 Å². The van der Waals surface area contributed by atoms with E-state index in [4.69, 9.17) is 15.2 Å². The lowest BCUT2D eigenvalue weighted by Crippen LogP contribution is -2.39. The second-order valence-corrected chi connectivity index (χ2v) is 5.22. The molecule has 1 unspecified atom stereocenters. The SMILES string of the molecule is CCOC(=O)c1cc(CC)sc1NC(=O)C(N)COC. The van der Waals surface area contributed by atoms with Crippen molar-refractivity contribution >= 4 is 28.2 Å². The highest BCUT2D eigenvalue weighted by Gasteiger charge is 2.21. The molecular weight excluding hydrogens is 280 g/mol. The number of nitrogens with two attached hydrogens (primary N) is 1. The van der Waals surface area contributed by atoms with Crippen molar-refractivity contribution in [3.8, 4) is 0 Å². The van der Waals surface area contributed by atoms with E-state index in [2.05, 4.69) is 5.32 Å². The van der Waals surface area contributed by atoms with Gasteiger partial charge in [0.15, 0.2) is 0 Å². The molecule has 0 aromatic carbocycles. The molecule has 20 heavy (non-hydrogen) atoms. The van der Waals surface area contributed by atoms with Crippen molar-refractivity contribution in [2.24, 2.45) is 5.73 Å². The molecule has 6 nitrogen and oxygen atoms in total. The minimum absolute atomic E-state index is 0.118. The maximum atomic E-state index is 11.9. The number of carbonyl (C=O) groups excluding carboxylic acids is 2. The van der Waals surface area contributed by atoms with Gasteiger partial charge in [-0.05, 0) is 19.4 Å². The standard InChI is InChI=1S/C13H20N2O4S/c1-4-8-6-9(13(17)19-5-2)12(20-8)15-11(16)10(14)7-18-3/h6,10H,4-5,7,14H2,1-3H3,(H,15,16). The van der Waals surface area contributed by atoms with Gasteiger partial charge >= 0.3 is 5.97 Å². The lowest BCUT2D eigenvalue weighted by molar-refractivity contribution is -0.118. The molecule has 1 aromatic rings. The summed E-state index contributed by atoms with van der Waals surface area (Å²) in [5.41, 5.74) is 6.02. The van der Waals surface area contributed by atoms with Gasteiger partial charge in [0, 0.05) is 12.0 Å². The van der Waals surface area contributed by atoms with Crippen LogP contribution in [0.5, 0.6) is 0 Å². The van der Waals surface area contributed by atoms with Crippen LogP contribution in [-0.2, 0) is 20.7 Å². The van der Waals surface area contributed by atoms with Crippen LogP contribution in [0.15, 0.2) is 6.07 Å². The summed E-state index contributed by atoms with van der Waals surface area (Å²) in [4.78, 5) is 24.7. The molecule has 1 heterocycles. The molecule has 1 atom stereocenters. The summed E-state index contributed by atoms with van der Waals surface area (Å²) in [6.07, 6.45) is 0.775. The van der Waals surface area contributed by atoms with Gasteiger partial charge in [0.1, 0.15) is 11.0 Å². The van der Waals surface area contributed by atoms with E-state index in [9.17, 15) is 9.59 Å². The normalized spacial score (nSPS) is 12.0. The van der Waals surface area contributed by atoms with Crippen molar-refractivity contribution in [3.05, 3.63) is 16.5 Å². The average Bonchev–Trinajstić information content (AvgIpc) is 2.82. The van der Waals surface area contributed by atoms with Crippen LogP contribution in [0.4, 0.5) is 5.00 Å². The van der Waals surface area contributed by atoms with Gasteiger partial charge in [-0.3, -0.25) is 4.79 Å². The fourth-order valence-electron chi connectivity index (χ4n) is 1.53. The first-order valence-corrected chi connectivity index (χ1v) is 7.20. The summed E-state index contributed by atoms with van der Waals surface area (Å²) < 4.78 is 9.81. The Hall–Kier alpha value is -1.44. The number of rotatable bonds is 7. The molecule has 112 valence electrons. The zero-order valence-corrected chi connectivity index (χ0v) is 12.7. The van der Waals surface area contributed by atoms with E-state index in [-0.39, 0.29) is 19.1 Å². The van der Waals surface area contributed by atoms with Crippen LogP contribution in [0.2, 0.25) is 0 Å². The first-order valence-electron chi connectivity index (χ1n) is 6.38. The number of aryl methyl sites for hydroxylation is 1. The lowest BCUT2D eigenvalue weighted by Gasteiger charge is -2.11. The van der Waals surface area contributed by atoms with Crippen molar-refractivity contribution in [2.45, 2.75) is 26.3 Å². The van der Waals surface area contributed by atoms with E-state index in [0.717, 1.165) is 11.3 Å². The maximum Gasteiger partial charge on any atom is 0.341 e. The number of ether oxygens (including phenoxy) is 2. The highest BCUT2D eigenvalue weighted by molar-refractivity contribution is 7.16. The molecule has 0 aliphatic carbocycles. The predicted molar refractivity (Wildman–Crippen MR) is 78.1 cm³/mol. The van der Waals surface area contributed by atoms with Crippen LogP contribution in [-0.4, -0.2) is 38.2 Å². The Kier molecular flexibility index (Phi) is 6.63. The van der Waals surface area contributed by atoms with Crippen LogP contribution < -0.4 is 11.1 Å². The summed E-state index contributed by atoms with van der Waals surface area (Å²) in [5.74, 6) is -0.832. The van der Waals surface area contributed by atoms with E-state index < -0.39 is 12.0 Å². The van der Waals surface area contributed by atoms with Gasteiger partial charge in [-0.15, -0.1) is 11.3 Å². The molecular formula is C13H20N2O4S. The Bertz CT molecular complexity index is 473. The molecule has 0 aliphatic heterocycles. The number of methoxy groups -OCH3 is 1. The van der Waals surface area contributed by atoms with E-state index in [1.54, 1.807) is 13.0 Å². The Morgan fingerprint density at radius 3 is 2.70 bits per heavy atom. The van der Waals surface area contributed by atoms with Gasteiger partial charge in [-0.1, -0.05) is 6.92 Å². The number of anilines is 1. The summed E-state index contributed by atoms with van der Waals surface area (Å²) in [6.45, 7) is 4.11. The van der Waals surface area contributed by atoms with Crippen molar-refractivity contribution in [1.29, 1.82) is 0 Å². The smallest absolute Gasteiger partial charge is 0.341 e. The van der Waals surface area contributed by atoms with Gasteiger partial charge in [0.2, 0.25) is 5.91 Å². The Labute approximate surface area is 122 Å². The number of amides is 1. The lowest BCUT2D eigenvalue weighted by atomic mass is 10.2. The molecule has 0 saturated carbocycles. The molecule has 0 bridgehead atoms. The number of esters is 1. The van der Waals surface area contributed by atoms with Crippen LogP contribution >= 0.6 is 11.3 Å².